The lowest BCUT2D eigenvalue weighted by molar-refractivity contribution is 0.287. The molecule has 0 radical (unpaired) electrons. The van der Waals surface area contributed by atoms with Crippen molar-refractivity contribution in [1.82, 2.24) is 9.88 Å². The molecule has 0 saturated heterocycles. The second kappa shape index (κ2) is 5.82. The smallest absolute Gasteiger partial charge is 0.0460 e. The number of aromatic amines is 1. The molecule has 2 heteroatoms. The Hall–Kier alpha value is -2.32. The molecule has 2 nitrogen and oxygen atoms in total. The van der Waals surface area contributed by atoms with Gasteiger partial charge in [-0.3, -0.25) is 4.90 Å². The Morgan fingerprint density at radius 1 is 0.909 bits per heavy atom. The highest BCUT2D eigenvalue weighted by Crippen LogP contribution is 2.26. The zero-order chi connectivity index (χ0) is 14.8. The van der Waals surface area contributed by atoms with Crippen molar-refractivity contribution in [2.24, 2.45) is 0 Å². The maximum absolute atomic E-state index is 3.41. The largest absolute Gasteiger partial charge is 0.361 e. The van der Waals surface area contributed by atoms with E-state index in [0.29, 0.717) is 0 Å². The third-order valence-electron chi connectivity index (χ3n) is 4.38. The number of H-pyrrole nitrogens is 1. The van der Waals surface area contributed by atoms with Gasteiger partial charge < -0.3 is 4.98 Å². The van der Waals surface area contributed by atoms with Crippen LogP contribution in [0.4, 0.5) is 0 Å². The normalized spacial score (nSPS) is 16.9. The van der Waals surface area contributed by atoms with E-state index in [4.69, 9.17) is 0 Å². The van der Waals surface area contributed by atoms with Crippen LogP contribution in [0.25, 0.3) is 10.9 Å². The van der Waals surface area contributed by atoms with Gasteiger partial charge >= 0.3 is 0 Å². The van der Waals surface area contributed by atoms with Gasteiger partial charge in [-0.2, -0.15) is 0 Å². The number of hydrogen-bond acceptors (Lipinski definition) is 1. The van der Waals surface area contributed by atoms with Crippen LogP contribution in [0.15, 0.2) is 66.9 Å². The quantitative estimate of drug-likeness (QED) is 0.697. The molecule has 110 valence electrons. The van der Waals surface area contributed by atoms with Gasteiger partial charge in [-0.1, -0.05) is 54.6 Å². The highest BCUT2D eigenvalue weighted by molar-refractivity contribution is 5.86. The monoisotopic (exact) mass is 288 g/mol. The van der Waals surface area contributed by atoms with Crippen LogP contribution in [0.5, 0.6) is 0 Å². The number of hydrogen-bond donors (Lipinski definition) is 1. The maximum Gasteiger partial charge on any atom is 0.0460 e. The Labute approximate surface area is 131 Å². The number of rotatable bonds is 2. The van der Waals surface area contributed by atoms with Gasteiger partial charge in [0.15, 0.2) is 0 Å². The summed E-state index contributed by atoms with van der Waals surface area (Å²) in [6.07, 6.45) is 7.76. The SMILES string of the molecule is C1=C\CN(Cc2ccccc2)Cc2cccc3[nH]cc(c23)C/1. The molecule has 0 amide bonds. The van der Waals surface area contributed by atoms with Crippen LogP contribution < -0.4 is 0 Å². The summed E-state index contributed by atoms with van der Waals surface area (Å²) in [4.78, 5) is 5.91. The first kappa shape index (κ1) is 13.4. The highest BCUT2D eigenvalue weighted by Gasteiger charge is 2.13. The number of nitrogens with one attached hydrogen (secondary N) is 1. The van der Waals surface area contributed by atoms with Crippen molar-refractivity contribution in [2.75, 3.05) is 6.54 Å². The highest BCUT2D eigenvalue weighted by atomic mass is 15.1. The standard InChI is InChI=1S/C20H20N2/c1-2-7-16(8-3-1)14-22-12-5-4-9-17-13-21-19-11-6-10-18(15-22)20(17)19/h1-8,10-11,13,21H,9,12,14-15H2/b5-4-. The van der Waals surface area contributed by atoms with Crippen LogP contribution in [0, 0.1) is 0 Å². The zero-order valence-electron chi connectivity index (χ0n) is 12.6. The molecule has 2 aromatic carbocycles. The lowest BCUT2D eigenvalue weighted by Gasteiger charge is -2.21. The van der Waals surface area contributed by atoms with Crippen LogP contribution in [0.2, 0.25) is 0 Å². The number of allylic oxidation sites excluding steroid dienone is 1. The Bertz CT molecular complexity index is 799. The van der Waals surface area contributed by atoms with Crippen LogP contribution in [-0.2, 0) is 19.5 Å². The molecule has 0 unspecified atom stereocenters. The molecule has 22 heavy (non-hydrogen) atoms. The summed E-state index contributed by atoms with van der Waals surface area (Å²) in [5, 5.41) is 1.41. The zero-order valence-corrected chi connectivity index (χ0v) is 12.6. The van der Waals surface area contributed by atoms with Gasteiger partial charge in [0.05, 0.1) is 0 Å². The second-order valence-corrected chi connectivity index (χ2v) is 5.98. The summed E-state index contributed by atoms with van der Waals surface area (Å²) in [5.41, 5.74) is 5.45. The second-order valence-electron chi connectivity index (χ2n) is 5.98. The van der Waals surface area contributed by atoms with Gasteiger partial charge in [-0.05, 0) is 29.2 Å². The van der Waals surface area contributed by atoms with Crippen molar-refractivity contribution < 1.29 is 0 Å². The van der Waals surface area contributed by atoms with E-state index in [1.807, 2.05) is 0 Å². The Kier molecular flexibility index (Phi) is 3.53. The Balaban J connectivity index is 1.70. The molecule has 0 bridgehead atoms. The number of benzene rings is 2. The molecule has 4 rings (SSSR count). The molecule has 0 fully saturated rings. The molecule has 1 N–H and O–H groups in total. The average molecular weight is 288 g/mol. The van der Waals surface area contributed by atoms with E-state index in [9.17, 15) is 0 Å². The lowest BCUT2D eigenvalue weighted by atomic mass is 10.0. The van der Waals surface area contributed by atoms with Gasteiger partial charge in [0.25, 0.3) is 0 Å². The van der Waals surface area contributed by atoms with E-state index in [1.54, 1.807) is 0 Å². The van der Waals surface area contributed by atoms with E-state index in [-0.39, 0.29) is 0 Å². The van der Waals surface area contributed by atoms with Crippen molar-refractivity contribution >= 4 is 10.9 Å². The summed E-state index contributed by atoms with van der Waals surface area (Å²) in [6.45, 7) is 2.97. The van der Waals surface area contributed by atoms with Gasteiger partial charge in [-0.25, -0.2) is 0 Å². The molecular weight excluding hydrogens is 268 g/mol. The minimum absolute atomic E-state index is 0.987. The third kappa shape index (κ3) is 2.58. The minimum atomic E-state index is 0.987. The Morgan fingerprint density at radius 2 is 1.82 bits per heavy atom. The lowest BCUT2D eigenvalue weighted by Crippen LogP contribution is -2.22. The molecule has 2 heterocycles. The summed E-state index contributed by atoms with van der Waals surface area (Å²) in [6, 6.07) is 17.3. The van der Waals surface area contributed by atoms with Crippen molar-refractivity contribution in [3.63, 3.8) is 0 Å². The molecule has 0 spiro atoms. The van der Waals surface area contributed by atoms with Crippen LogP contribution in [0.3, 0.4) is 0 Å². The Morgan fingerprint density at radius 3 is 2.73 bits per heavy atom. The molecule has 0 atom stereocenters. The third-order valence-corrected chi connectivity index (χ3v) is 4.38. The predicted octanol–water partition coefficient (Wildman–Crippen LogP) is 4.28. The minimum Gasteiger partial charge on any atom is -0.361 e. The van der Waals surface area contributed by atoms with Crippen LogP contribution in [-0.4, -0.2) is 16.4 Å². The van der Waals surface area contributed by atoms with Crippen molar-refractivity contribution in [3.8, 4) is 0 Å². The fourth-order valence-corrected chi connectivity index (χ4v) is 3.33. The molecule has 1 aliphatic rings. The fraction of sp³-hybridized carbons (Fsp3) is 0.200. The summed E-state index contributed by atoms with van der Waals surface area (Å²) >= 11 is 0. The van der Waals surface area contributed by atoms with E-state index < -0.39 is 0 Å². The van der Waals surface area contributed by atoms with Crippen LogP contribution in [0.1, 0.15) is 16.7 Å². The maximum atomic E-state index is 3.41. The van der Waals surface area contributed by atoms with E-state index in [0.717, 1.165) is 26.1 Å². The van der Waals surface area contributed by atoms with Crippen molar-refractivity contribution in [1.29, 1.82) is 0 Å². The molecule has 0 saturated carbocycles. The average Bonchev–Trinajstić information content (AvgIpc) is 2.99. The molecule has 1 aromatic heterocycles. The van der Waals surface area contributed by atoms with Crippen molar-refractivity contribution in [2.45, 2.75) is 19.5 Å². The fourth-order valence-electron chi connectivity index (χ4n) is 3.33. The van der Waals surface area contributed by atoms with Gasteiger partial charge in [0.2, 0.25) is 0 Å². The first-order valence-electron chi connectivity index (χ1n) is 7.89. The number of nitrogens with zero attached hydrogens (tertiary/aromatic N) is 1. The molecule has 3 aromatic rings. The summed E-state index contributed by atoms with van der Waals surface area (Å²) < 4.78 is 0. The number of aromatic nitrogens is 1. The van der Waals surface area contributed by atoms with E-state index in [2.05, 4.69) is 76.8 Å². The van der Waals surface area contributed by atoms with E-state index in [1.165, 1.54) is 27.6 Å². The van der Waals surface area contributed by atoms with Gasteiger partial charge in [0.1, 0.15) is 0 Å². The first-order valence-corrected chi connectivity index (χ1v) is 7.89. The van der Waals surface area contributed by atoms with Gasteiger partial charge in [-0.15, -0.1) is 0 Å². The summed E-state index contributed by atoms with van der Waals surface area (Å²) in [5.74, 6) is 0. The molecule has 1 aliphatic heterocycles. The molecule has 0 aliphatic carbocycles. The topological polar surface area (TPSA) is 19.0 Å². The first-order chi connectivity index (χ1) is 10.9. The van der Waals surface area contributed by atoms with Crippen LogP contribution >= 0.6 is 0 Å². The molecular formula is C20H20N2. The predicted molar refractivity (Wildman–Crippen MR) is 91.7 cm³/mol. The summed E-state index contributed by atoms with van der Waals surface area (Å²) in [7, 11) is 0. The van der Waals surface area contributed by atoms with Crippen molar-refractivity contribution in [3.05, 3.63) is 83.6 Å². The van der Waals surface area contributed by atoms with E-state index >= 15 is 0 Å². The van der Waals surface area contributed by atoms with Gasteiger partial charge in [0, 0.05) is 36.7 Å².